The minimum atomic E-state index is -0.570. The Balaban J connectivity index is 2.37. The summed E-state index contributed by atoms with van der Waals surface area (Å²) in [5.74, 6) is -0.241. The van der Waals surface area contributed by atoms with Crippen molar-refractivity contribution in [3.8, 4) is 0 Å². The van der Waals surface area contributed by atoms with Gasteiger partial charge >= 0.3 is 6.09 Å². The third-order valence-corrected chi connectivity index (χ3v) is 3.50. The minimum absolute atomic E-state index is 0.0420. The first-order valence-electron chi connectivity index (χ1n) is 6.85. The molecule has 1 aromatic rings. The zero-order valence-electron chi connectivity index (χ0n) is 13.2. The van der Waals surface area contributed by atoms with Crippen LogP contribution in [-0.2, 0) is 22.5 Å². The molecule has 0 saturated heterocycles. The van der Waals surface area contributed by atoms with Gasteiger partial charge in [0.1, 0.15) is 12.1 Å². The third kappa shape index (κ3) is 6.57. The van der Waals surface area contributed by atoms with Crippen LogP contribution in [0, 0.1) is 0 Å². The summed E-state index contributed by atoms with van der Waals surface area (Å²) >= 11 is 1.58. The van der Waals surface area contributed by atoms with Gasteiger partial charge in [0.15, 0.2) is 0 Å². The summed E-state index contributed by atoms with van der Waals surface area (Å²) in [5, 5.41) is 5.71. The highest BCUT2D eigenvalue weighted by atomic mass is 32.1. The number of rotatable bonds is 5. The fourth-order valence-electron chi connectivity index (χ4n) is 1.46. The maximum Gasteiger partial charge on any atom is 0.410 e. The first-order valence-corrected chi connectivity index (χ1v) is 7.73. The van der Waals surface area contributed by atoms with Gasteiger partial charge in [-0.3, -0.25) is 4.79 Å². The molecule has 0 radical (unpaired) electrons. The summed E-state index contributed by atoms with van der Waals surface area (Å²) in [5.41, 5.74) is 0.268. The number of hydrogen-bond acceptors (Lipinski definition) is 5. The van der Waals surface area contributed by atoms with Crippen molar-refractivity contribution in [2.45, 2.75) is 46.3 Å². The standard InChI is InChI=1S/C14H23N3O3S/c1-6-12-16-10(9-21-12)7-15-11(18)8-17(5)13(19)20-14(2,3)4/h9H,6-8H2,1-5H3,(H,15,18). The highest BCUT2D eigenvalue weighted by Gasteiger charge is 2.21. The van der Waals surface area contributed by atoms with E-state index in [1.165, 1.54) is 11.9 Å². The number of nitrogens with zero attached hydrogens (tertiary/aromatic N) is 2. The molecular formula is C14H23N3O3S. The molecule has 0 saturated carbocycles. The Labute approximate surface area is 129 Å². The molecular weight excluding hydrogens is 290 g/mol. The molecule has 0 fully saturated rings. The van der Waals surface area contributed by atoms with Crippen LogP contribution in [0.15, 0.2) is 5.38 Å². The molecule has 0 unspecified atom stereocenters. The highest BCUT2D eigenvalue weighted by molar-refractivity contribution is 7.09. The van der Waals surface area contributed by atoms with Crippen molar-refractivity contribution in [1.82, 2.24) is 15.2 Å². The molecule has 0 bridgehead atoms. The van der Waals surface area contributed by atoms with Crippen LogP contribution in [0.5, 0.6) is 0 Å². The molecule has 0 aliphatic carbocycles. The number of carbonyl (C=O) groups excluding carboxylic acids is 2. The SMILES string of the molecule is CCc1nc(CNC(=O)CN(C)C(=O)OC(C)(C)C)cs1. The number of aryl methyl sites for hydroxylation is 1. The van der Waals surface area contributed by atoms with Crippen LogP contribution < -0.4 is 5.32 Å². The van der Waals surface area contributed by atoms with Crippen LogP contribution >= 0.6 is 11.3 Å². The summed E-state index contributed by atoms with van der Waals surface area (Å²) in [6.07, 6.45) is 0.375. The van der Waals surface area contributed by atoms with E-state index in [9.17, 15) is 9.59 Å². The second-order valence-electron chi connectivity index (χ2n) is 5.70. The van der Waals surface area contributed by atoms with Gasteiger partial charge in [0, 0.05) is 12.4 Å². The molecule has 0 aromatic carbocycles. The summed E-state index contributed by atoms with van der Waals surface area (Å²) in [7, 11) is 1.53. The lowest BCUT2D eigenvalue weighted by Crippen LogP contribution is -2.40. The normalized spacial score (nSPS) is 11.1. The Hall–Kier alpha value is -1.63. The summed E-state index contributed by atoms with van der Waals surface area (Å²) in [6, 6.07) is 0. The van der Waals surface area contributed by atoms with Gasteiger partial charge in [-0.2, -0.15) is 0 Å². The maximum absolute atomic E-state index is 11.8. The molecule has 7 heteroatoms. The minimum Gasteiger partial charge on any atom is -0.444 e. The summed E-state index contributed by atoms with van der Waals surface area (Å²) < 4.78 is 5.18. The van der Waals surface area contributed by atoms with Crippen molar-refractivity contribution in [1.29, 1.82) is 0 Å². The van der Waals surface area contributed by atoms with Crippen LogP contribution in [0.3, 0.4) is 0 Å². The van der Waals surface area contributed by atoms with Crippen molar-refractivity contribution >= 4 is 23.3 Å². The van der Waals surface area contributed by atoms with Gasteiger partial charge in [0.05, 0.1) is 17.2 Å². The molecule has 0 aliphatic rings. The average molecular weight is 313 g/mol. The van der Waals surface area contributed by atoms with Crippen molar-refractivity contribution in [2.24, 2.45) is 0 Å². The first kappa shape index (κ1) is 17.4. The Kier molecular flexibility index (Phi) is 6.14. The number of hydrogen-bond donors (Lipinski definition) is 1. The second-order valence-corrected chi connectivity index (χ2v) is 6.64. The van der Waals surface area contributed by atoms with Crippen molar-refractivity contribution < 1.29 is 14.3 Å². The topological polar surface area (TPSA) is 71.5 Å². The number of amides is 2. The Morgan fingerprint density at radius 1 is 1.43 bits per heavy atom. The predicted octanol–water partition coefficient (Wildman–Crippen LogP) is 2.19. The number of nitrogens with one attached hydrogen (secondary N) is 1. The summed E-state index contributed by atoms with van der Waals surface area (Å²) in [4.78, 5) is 29.1. The molecule has 2 amide bonds. The van der Waals surface area contributed by atoms with E-state index in [-0.39, 0.29) is 12.5 Å². The zero-order valence-corrected chi connectivity index (χ0v) is 14.0. The van der Waals surface area contributed by atoms with E-state index in [2.05, 4.69) is 10.3 Å². The van der Waals surface area contributed by atoms with Gasteiger partial charge < -0.3 is 15.0 Å². The van der Waals surface area contributed by atoms with Crippen molar-refractivity contribution in [3.05, 3.63) is 16.1 Å². The van der Waals surface area contributed by atoms with Crippen LogP contribution in [-0.4, -0.2) is 41.1 Å². The van der Waals surface area contributed by atoms with E-state index < -0.39 is 11.7 Å². The number of aromatic nitrogens is 1. The predicted molar refractivity (Wildman–Crippen MR) is 82.2 cm³/mol. The lowest BCUT2D eigenvalue weighted by molar-refractivity contribution is -0.122. The molecule has 6 nitrogen and oxygen atoms in total. The van der Waals surface area contributed by atoms with E-state index in [1.807, 2.05) is 12.3 Å². The molecule has 0 atom stereocenters. The lowest BCUT2D eigenvalue weighted by Gasteiger charge is -2.24. The van der Waals surface area contributed by atoms with E-state index >= 15 is 0 Å². The largest absolute Gasteiger partial charge is 0.444 e. The Morgan fingerprint density at radius 2 is 2.10 bits per heavy atom. The fourth-order valence-corrected chi connectivity index (χ4v) is 2.20. The van der Waals surface area contributed by atoms with E-state index in [4.69, 9.17) is 4.74 Å². The van der Waals surface area contributed by atoms with Gasteiger partial charge in [-0.05, 0) is 27.2 Å². The summed E-state index contributed by atoms with van der Waals surface area (Å²) in [6.45, 7) is 7.72. The Bertz CT molecular complexity index is 494. The first-order chi connectivity index (χ1) is 9.71. The Morgan fingerprint density at radius 3 is 2.62 bits per heavy atom. The molecule has 0 aliphatic heterocycles. The molecule has 1 rings (SSSR count). The van der Waals surface area contributed by atoms with Crippen LogP contribution in [0.2, 0.25) is 0 Å². The third-order valence-electron chi connectivity index (χ3n) is 2.45. The molecule has 118 valence electrons. The van der Waals surface area contributed by atoms with Gasteiger partial charge in [-0.25, -0.2) is 9.78 Å². The van der Waals surface area contributed by atoms with E-state index in [0.717, 1.165) is 17.1 Å². The van der Waals surface area contributed by atoms with Gasteiger partial charge in [-0.1, -0.05) is 6.92 Å². The molecule has 21 heavy (non-hydrogen) atoms. The average Bonchev–Trinajstić information content (AvgIpc) is 2.82. The smallest absolute Gasteiger partial charge is 0.410 e. The highest BCUT2D eigenvalue weighted by Crippen LogP contribution is 2.10. The quantitative estimate of drug-likeness (QED) is 0.904. The maximum atomic E-state index is 11.8. The van der Waals surface area contributed by atoms with Gasteiger partial charge in [0.2, 0.25) is 5.91 Å². The van der Waals surface area contributed by atoms with E-state index in [0.29, 0.717) is 6.54 Å². The number of carbonyl (C=O) groups is 2. The molecule has 1 heterocycles. The molecule has 1 N–H and O–H groups in total. The molecule has 1 aromatic heterocycles. The number of likely N-dealkylation sites (N-methyl/N-ethyl adjacent to an activating group) is 1. The van der Waals surface area contributed by atoms with Gasteiger partial charge in [0.25, 0.3) is 0 Å². The van der Waals surface area contributed by atoms with Crippen molar-refractivity contribution in [2.75, 3.05) is 13.6 Å². The van der Waals surface area contributed by atoms with Gasteiger partial charge in [-0.15, -0.1) is 11.3 Å². The lowest BCUT2D eigenvalue weighted by atomic mass is 10.2. The van der Waals surface area contributed by atoms with Crippen LogP contribution in [0.25, 0.3) is 0 Å². The van der Waals surface area contributed by atoms with Crippen LogP contribution in [0.1, 0.15) is 38.4 Å². The monoisotopic (exact) mass is 313 g/mol. The molecule has 0 spiro atoms. The number of thiazole rings is 1. The fraction of sp³-hybridized carbons (Fsp3) is 0.643. The second kappa shape index (κ2) is 7.40. The van der Waals surface area contributed by atoms with E-state index in [1.54, 1.807) is 32.1 Å². The van der Waals surface area contributed by atoms with Crippen molar-refractivity contribution in [3.63, 3.8) is 0 Å². The van der Waals surface area contributed by atoms with Crippen LogP contribution in [0.4, 0.5) is 4.79 Å². The number of ether oxygens (including phenoxy) is 1. The zero-order chi connectivity index (χ0) is 16.0.